The first-order valence-corrected chi connectivity index (χ1v) is 15.4. The van der Waals surface area contributed by atoms with Crippen LogP contribution < -0.4 is 4.90 Å². The van der Waals surface area contributed by atoms with Crippen molar-refractivity contribution >= 4 is 17.7 Å². The average Bonchev–Trinajstić information content (AvgIpc) is 3.01. The lowest BCUT2D eigenvalue weighted by Gasteiger charge is -2.37. The first-order valence-electron chi connectivity index (χ1n) is 15.4. The number of nitrogens with zero attached hydrogens (tertiary/aromatic N) is 4. The second-order valence-electron chi connectivity index (χ2n) is 12.4. The molecule has 1 atom stereocenters. The molecule has 0 bridgehead atoms. The number of likely N-dealkylation sites (tertiary alicyclic amines) is 1. The Bertz CT molecular complexity index is 1210. The summed E-state index contributed by atoms with van der Waals surface area (Å²) in [5.41, 5.74) is 4.43. The van der Waals surface area contributed by atoms with E-state index in [0.29, 0.717) is 13.0 Å². The van der Waals surface area contributed by atoms with Gasteiger partial charge in [0.1, 0.15) is 12.1 Å². The van der Waals surface area contributed by atoms with Gasteiger partial charge in [-0.05, 0) is 104 Å². The van der Waals surface area contributed by atoms with Crippen LogP contribution in [0.25, 0.3) is 0 Å². The fraction of sp³-hybridized carbons (Fsp3) is 0.486. The van der Waals surface area contributed by atoms with E-state index in [1.54, 1.807) is 29.2 Å². The van der Waals surface area contributed by atoms with Crippen molar-refractivity contribution in [2.45, 2.75) is 96.1 Å². The van der Waals surface area contributed by atoms with Gasteiger partial charge in [0.25, 0.3) is 0 Å². The standard InChI is InChI=1S/C35H46N4O3/c1-35(2,3)29-18-20-30(21-19-29)38(4)34(41)39-24-6-5-17-32(39)33(40)42-31(15-7-11-27-13-9-22-36-25-27)16-8-12-28-14-10-23-37-26-28/h9-10,13-14,18-23,25-26,31-32H,5-8,11-12,15-17,24H2,1-4H3. The predicted molar refractivity (Wildman–Crippen MR) is 168 cm³/mol. The molecule has 7 heteroatoms. The van der Waals surface area contributed by atoms with E-state index in [2.05, 4.69) is 55.0 Å². The van der Waals surface area contributed by atoms with Gasteiger partial charge in [-0.3, -0.25) is 14.9 Å². The molecule has 42 heavy (non-hydrogen) atoms. The minimum absolute atomic E-state index is 0.0370. The summed E-state index contributed by atoms with van der Waals surface area (Å²) in [5.74, 6) is -0.285. The molecule has 1 aromatic carbocycles. The Morgan fingerprint density at radius 3 is 2.05 bits per heavy atom. The van der Waals surface area contributed by atoms with Crippen molar-refractivity contribution in [1.82, 2.24) is 14.9 Å². The van der Waals surface area contributed by atoms with Gasteiger partial charge >= 0.3 is 12.0 Å². The Morgan fingerprint density at radius 2 is 1.52 bits per heavy atom. The molecule has 3 heterocycles. The van der Waals surface area contributed by atoms with Crippen LogP contribution in [-0.4, -0.2) is 52.6 Å². The maximum atomic E-state index is 13.7. The lowest BCUT2D eigenvalue weighted by Crippen LogP contribution is -2.53. The molecule has 0 spiro atoms. The summed E-state index contributed by atoms with van der Waals surface area (Å²) < 4.78 is 6.20. The Kier molecular flexibility index (Phi) is 11.1. The number of ether oxygens (including phenoxy) is 1. The average molecular weight is 571 g/mol. The van der Waals surface area contributed by atoms with Gasteiger partial charge in [0.2, 0.25) is 0 Å². The number of benzene rings is 1. The summed E-state index contributed by atoms with van der Waals surface area (Å²) >= 11 is 0. The smallest absolute Gasteiger partial charge is 0.329 e. The van der Waals surface area contributed by atoms with Gasteiger partial charge < -0.3 is 9.64 Å². The van der Waals surface area contributed by atoms with E-state index in [1.165, 1.54) is 16.7 Å². The third-order valence-electron chi connectivity index (χ3n) is 8.14. The number of carbonyl (C=O) groups excluding carboxylic acids is 2. The number of aryl methyl sites for hydroxylation is 2. The number of piperidine rings is 1. The molecule has 1 saturated heterocycles. The minimum atomic E-state index is -0.568. The minimum Gasteiger partial charge on any atom is -0.461 e. The summed E-state index contributed by atoms with van der Waals surface area (Å²) in [4.78, 5) is 39.1. The van der Waals surface area contributed by atoms with E-state index in [-0.39, 0.29) is 23.5 Å². The van der Waals surface area contributed by atoms with Gasteiger partial charge in [-0.15, -0.1) is 0 Å². The summed E-state index contributed by atoms with van der Waals surface area (Å²) in [6.07, 6.45) is 14.7. The zero-order valence-corrected chi connectivity index (χ0v) is 25.7. The van der Waals surface area contributed by atoms with Crippen LogP contribution in [0.4, 0.5) is 10.5 Å². The monoisotopic (exact) mass is 570 g/mol. The van der Waals surface area contributed by atoms with Crippen LogP contribution in [0.15, 0.2) is 73.3 Å². The van der Waals surface area contributed by atoms with Gasteiger partial charge in [-0.25, -0.2) is 9.59 Å². The topological polar surface area (TPSA) is 75.6 Å². The number of rotatable bonds is 11. The number of hydrogen-bond acceptors (Lipinski definition) is 5. The maximum absolute atomic E-state index is 13.7. The van der Waals surface area contributed by atoms with Gasteiger partial charge in [0.05, 0.1) is 0 Å². The fourth-order valence-corrected chi connectivity index (χ4v) is 5.56. The number of pyridine rings is 2. The van der Waals surface area contributed by atoms with Gasteiger partial charge in [0.15, 0.2) is 0 Å². The highest BCUT2D eigenvalue weighted by Gasteiger charge is 2.36. The molecule has 0 aliphatic carbocycles. The highest BCUT2D eigenvalue weighted by Crippen LogP contribution is 2.27. The number of esters is 1. The third kappa shape index (κ3) is 8.88. The third-order valence-corrected chi connectivity index (χ3v) is 8.14. The van der Waals surface area contributed by atoms with Crippen LogP contribution >= 0.6 is 0 Å². The van der Waals surface area contributed by atoms with Crippen LogP contribution in [0.2, 0.25) is 0 Å². The van der Waals surface area contributed by atoms with Crippen LogP contribution in [0.5, 0.6) is 0 Å². The van der Waals surface area contributed by atoms with Gasteiger partial charge in [0, 0.05) is 44.1 Å². The Labute approximate surface area is 251 Å². The maximum Gasteiger partial charge on any atom is 0.329 e. The summed E-state index contributed by atoms with van der Waals surface area (Å²) in [6, 6.07) is 15.4. The normalized spacial score (nSPS) is 15.5. The molecule has 224 valence electrons. The van der Waals surface area contributed by atoms with Crippen molar-refractivity contribution < 1.29 is 14.3 Å². The first kappa shape index (κ1) is 31.2. The number of carbonyl (C=O) groups is 2. The van der Waals surface area contributed by atoms with E-state index < -0.39 is 6.04 Å². The first-order chi connectivity index (χ1) is 20.2. The zero-order valence-electron chi connectivity index (χ0n) is 25.7. The van der Waals surface area contributed by atoms with Crippen molar-refractivity contribution in [2.24, 2.45) is 0 Å². The molecule has 2 aromatic heterocycles. The van der Waals surface area contributed by atoms with E-state index in [1.807, 2.05) is 36.7 Å². The lowest BCUT2D eigenvalue weighted by molar-refractivity contribution is -0.156. The van der Waals surface area contributed by atoms with E-state index in [9.17, 15) is 9.59 Å². The summed E-state index contributed by atoms with van der Waals surface area (Å²) in [7, 11) is 1.78. The van der Waals surface area contributed by atoms with Crippen LogP contribution in [-0.2, 0) is 27.8 Å². The number of aromatic nitrogens is 2. The van der Waals surface area contributed by atoms with Crippen LogP contribution in [0.3, 0.4) is 0 Å². The van der Waals surface area contributed by atoms with E-state index >= 15 is 0 Å². The molecule has 3 aromatic rings. The Hall–Kier alpha value is -3.74. The number of amides is 2. The molecular formula is C35H46N4O3. The van der Waals surface area contributed by atoms with Crippen molar-refractivity contribution in [3.05, 3.63) is 90.0 Å². The summed E-state index contributed by atoms with van der Waals surface area (Å²) in [6.45, 7) is 7.07. The predicted octanol–water partition coefficient (Wildman–Crippen LogP) is 7.14. The van der Waals surface area contributed by atoms with Gasteiger partial charge in [-0.1, -0.05) is 45.0 Å². The van der Waals surface area contributed by atoms with Crippen molar-refractivity contribution in [1.29, 1.82) is 0 Å². The summed E-state index contributed by atoms with van der Waals surface area (Å²) in [5, 5.41) is 0. The SMILES string of the molecule is CN(C(=O)N1CCCCC1C(=O)OC(CCCc1cccnc1)CCCc1cccnc1)c1ccc(C(C)(C)C)cc1. The lowest BCUT2D eigenvalue weighted by atomic mass is 9.87. The molecule has 4 rings (SSSR count). The molecule has 1 aliphatic heterocycles. The Morgan fingerprint density at radius 1 is 0.929 bits per heavy atom. The molecule has 0 N–H and O–H groups in total. The highest BCUT2D eigenvalue weighted by atomic mass is 16.5. The second-order valence-corrected chi connectivity index (χ2v) is 12.4. The molecule has 1 fully saturated rings. The molecule has 0 radical (unpaired) electrons. The number of urea groups is 1. The number of anilines is 1. The highest BCUT2D eigenvalue weighted by molar-refractivity contribution is 5.94. The number of hydrogen-bond donors (Lipinski definition) is 0. The molecule has 2 amide bonds. The Balaban J connectivity index is 1.40. The molecule has 7 nitrogen and oxygen atoms in total. The molecule has 1 unspecified atom stereocenters. The largest absolute Gasteiger partial charge is 0.461 e. The molecule has 1 aliphatic rings. The van der Waals surface area contributed by atoms with Crippen molar-refractivity contribution in [2.75, 3.05) is 18.5 Å². The van der Waals surface area contributed by atoms with Crippen LogP contribution in [0.1, 0.15) is 82.4 Å². The van der Waals surface area contributed by atoms with Gasteiger partial charge in [-0.2, -0.15) is 0 Å². The second kappa shape index (κ2) is 14.9. The van der Waals surface area contributed by atoms with Crippen LogP contribution in [0, 0.1) is 0 Å². The van der Waals surface area contributed by atoms with Crippen molar-refractivity contribution in [3.8, 4) is 0 Å². The van der Waals surface area contributed by atoms with Crippen molar-refractivity contribution in [3.63, 3.8) is 0 Å². The fourth-order valence-electron chi connectivity index (χ4n) is 5.56. The quantitative estimate of drug-likeness (QED) is 0.229. The van der Waals surface area contributed by atoms with E-state index in [4.69, 9.17) is 4.74 Å². The molecule has 0 saturated carbocycles. The zero-order chi connectivity index (χ0) is 30.0. The molecular weight excluding hydrogens is 524 g/mol. The van der Waals surface area contributed by atoms with E-state index in [0.717, 1.165) is 57.1 Å².